The first-order valence-corrected chi connectivity index (χ1v) is 6.93. The summed E-state index contributed by atoms with van der Waals surface area (Å²) < 4.78 is 5.33. The van der Waals surface area contributed by atoms with Gasteiger partial charge in [-0.3, -0.25) is 14.6 Å². The van der Waals surface area contributed by atoms with Crippen LogP contribution in [-0.4, -0.2) is 73.7 Å². The van der Waals surface area contributed by atoms with Crippen LogP contribution in [0.25, 0.3) is 0 Å². The maximum Gasteiger partial charge on any atom is 0.238 e. The lowest BCUT2D eigenvalue weighted by Crippen LogP contribution is -2.60. The highest BCUT2D eigenvalue weighted by Gasteiger charge is 2.33. The fraction of sp³-hybridized carbons (Fsp3) is 0.846. The van der Waals surface area contributed by atoms with E-state index in [1.807, 2.05) is 0 Å². The zero-order valence-corrected chi connectivity index (χ0v) is 11.5. The van der Waals surface area contributed by atoms with Crippen molar-refractivity contribution in [3.63, 3.8) is 0 Å². The first-order chi connectivity index (χ1) is 9.22. The third-order valence-corrected chi connectivity index (χ3v) is 3.90. The molecule has 2 rings (SSSR count). The van der Waals surface area contributed by atoms with Gasteiger partial charge in [-0.05, 0) is 6.92 Å². The van der Waals surface area contributed by atoms with Crippen molar-refractivity contribution in [2.24, 2.45) is 0 Å². The molecule has 2 aliphatic rings. The fourth-order valence-corrected chi connectivity index (χ4v) is 2.70. The molecule has 2 unspecified atom stereocenters. The van der Waals surface area contributed by atoms with Crippen LogP contribution in [0.4, 0.5) is 0 Å². The lowest BCUT2D eigenvalue weighted by atomic mass is 10.1. The number of carbonyl (C=O) groups excluding carboxylic acids is 1. The largest absolute Gasteiger partial charge is 0.379 e. The average molecular weight is 266 g/mol. The summed E-state index contributed by atoms with van der Waals surface area (Å²) in [5.74, 6) is -0.0124. The Balaban J connectivity index is 1.90. The Morgan fingerprint density at radius 1 is 1.42 bits per heavy atom. The number of nitrogens with zero attached hydrogens (tertiary/aromatic N) is 3. The number of carbonyl (C=O) groups is 1. The molecule has 6 nitrogen and oxygen atoms in total. The van der Waals surface area contributed by atoms with Crippen LogP contribution in [0.2, 0.25) is 0 Å². The Hall–Kier alpha value is -1.16. The lowest BCUT2D eigenvalue weighted by Gasteiger charge is -2.40. The Kier molecular flexibility index (Phi) is 5.14. The molecule has 2 atom stereocenters. The smallest absolute Gasteiger partial charge is 0.238 e. The standard InChI is InChI=1S/C13H22N4O2/c1-11-10-15-13(18)12(2-3-14)17(11)5-4-16-6-8-19-9-7-16/h11-12H,2,4-10H2,1H3,(H,15,18). The van der Waals surface area contributed by atoms with E-state index in [0.29, 0.717) is 6.54 Å². The van der Waals surface area contributed by atoms with Gasteiger partial charge in [0, 0.05) is 38.8 Å². The number of nitriles is 1. The van der Waals surface area contributed by atoms with Crippen molar-refractivity contribution in [2.75, 3.05) is 45.9 Å². The number of rotatable bonds is 4. The molecule has 19 heavy (non-hydrogen) atoms. The van der Waals surface area contributed by atoms with Crippen molar-refractivity contribution in [1.82, 2.24) is 15.1 Å². The first-order valence-electron chi connectivity index (χ1n) is 6.93. The molecular formula is C13H22N4O2. The maximum absolute atomic E-state index is 11.9. The van der Waals surface area contributed by atoms with E-state index >= 15 is 0 Å². The Morgan fingerprint density at radius 2 is 2.16 bits per heavy atom. The van der Waals surface area contributed by atoms with Gasteiger partial charge in [-0.15, -0.1) is 0 Å². The topological polar surface area (TPSA) is 68.6 Å². The van der Waals surface area contributed by atoms with Gasteiger partial charge in [-0.25, -0.2) is 0 Å². The van der Waals surface area contributed by atoms with Crippen LogP contribution >= 0.6 is 0 Å². The van der Waals surface area contributed by atoms with Crippen LogP contribution in [0, 0.1) is 11.3 Å². The molecule has 0 bridgehead atoms. The Morgan fingerprint density at radius 3 is 2.84 bits per heavy atom. The highest BCUT2D eigenvalue weighted by molar-refractivity contribution is 5.82. The summed E-state index contributed by atoms with van der Waals surface area (Å²) >= 11 is 0. The van der Waals surface area contributed by atoms with E-state index in [1.54, 1.807) is 0 Å². The van der Waals surface area contributed by atoms with Gasteiger partial charge in [-0.1, -0.05) is 0 Å². The fourth-order valence-electron chi connectivity index (χ4n) is 2.70. The highest BCUT2D eigenvalue weighted by Crippen LogP contribution is 2.14. The third-order valence-electron chi connectivity index (χ3n) is 3.90. The molecule has 0 aromatic heterocycles. The Labute approximate surface area is 114 Å². The van der Waals surface area contributed by atoms with Crippen LogP contribution < -0.4 is 5.32 Å². The first kappa shape index (κ1) is 14.3. The van der Waals surface area contributed by atoms with Gasteiger partial charge in [0.2, 0.25) is 5.91 Å². The molecule has 6 heteroatoms. The molecule has 0 aromatic rings. The second-order valence-electron chi connectivity index (χ2n) is 5.16. The van der Waals surface area contributed by atoms with Crippen molar-refractivity contribution in [1.29, 1.82) is 5.26 Å². The number of amides is 1. The van der Waals surface area contributed by atoms with Crippen LogP contribution in [-0.2, 0) is 9.53 Å². The molecule has 0 aromatic carbocycles. The van der Waals surface area contributed by atoms with Crippen molar-refractivity contribution < 1.29 is 9.53 Å². The summed E-state index contributed by atoms with van der Waals surface area (Å²) in [5.41, 5.74) is 0. The van der Waals surface area contributed by atoms with Gasteiger partial charge < -0.3 is 10.1 Å². The van der Waals surface area contributed by atoms with Crippen LogP contribution in [0.1, 0.15) is 13.3 Å². The number of piperazine rings is 1. The molecular weight excluding hydrogens is 244 g/mol. The highest BCUT2D eigenvalue weighted by atomic mass is 16.5. The molecule has 2 heterocycles. The molecule has 106 valence electrons. The predicted molar refractivity (Wildman–Crippen MR) is 70.5 cm³/mol. The van der Waals surface area contributed by atoms with Crippen molar-refractivity contribution in [3.05, 3.63) is 0 Å². The minimum Gasteiger partial charge on any atom is -0.379 e. The van der Waals surface area contributed by atoms with Crippen molar-refractivity contribution in [3.8, 4) is 6.07 Å². The molecule has 0 aliphatic carbocycles. The van der Waals surface area contributed by atoms with Crippen molar-refractivity contribution >= 4 is 5.91 Å². The summed E-state index contributed by atoms with van der Waals surface area (Å²) in [6, 6.07) is 2.11. The molecule has 0 saturated carbocycles. The van der Waals surface area contributed by atoms with Crippen molar-refractivity contribution in [2.45, 2.75) is 25.4 Å². The summed E-state index contributed by atoms with van der Waals surface area (Å²) in [5, 5.41) is 11.7. The quantitative estimate of drug-likeness (QED) is 0.737. The van der Waals surface area contributed by atoms with Gasteiger partial charge in [0.15, 0.2) is 0 Å². The SMILES string of the molecule is CC1CNC(=O)C(CC#N)N1CCN1CCOCC1. The summed E-state index contributed by atoms with van der Waals surface area (Å²) in [6.45, 7) is 8.03. The number of ether oxygens (including phenoxy) is 1. The van der Waals surface area contributed by atoms with Crippen LogP contribution in [0.3, 0.4) is 0 Å². The zero-order valence-electron chi connectivity index (χ0n) is 11.5. The molecule has 2 fully saturated rings. The van der Waals surface area contributed by atoms with E-state index in [4.69, 9.17) is 10.00 Å². The predicted octanol–water partition coefficient (Wildman–Crippen LogP) is -0.579. The average Bonchev–Trinajstić information content (AvgIpc) is 2.43. The van der Waals surface area contributed by atoms with E-state index in [2.05, 4.69) is 28.1 Å². The van der Waals surface area contributed by atoms with Gasteiger partial charge >= 0.3 is 0 Å². The van der Waals surface area contributed by atoms with Gasteiger partial charge in [0.1, 0.15) is 6.04 Å². The summed E-state index contributed by atoms with van der Waals surface area (Å²) in [6.07, 6.45) is 0.263. The van der Waals surface area contributed by atoms with Gasteiger partial charge in [-0.2, -0.15) is 5.26 Å². The summed E-state index contributed by atoms with van der Waals surface area (Å²) in [4.78, 5) is 16.4. The molecule has 2 aliphatic heterocycles. The molecule has 2 saturated heterocycles. The third kappa shape index (κ3) is 3.66. The monoisotopic (exact) mass is 266 g/mol. The Bertz CT molecular complexity index is 349. The zero-order chi connectivity index (χ0) is 13.7. The minimum absolute atomic E-state index is 0.0124. The van der Waals surface area contributed by atoms with E-state index in [9.17, 15) is 4.79 Å². The number of hydrogen-bond acceptors (Lipinski definition) is 5. The molecule has 0 spiro atoms. The normalized spacial score (nSPS) is 29.8. The second kappa shape index (κ2) is 6.85. The van der Waals surface area contributed by atoms with Gasteiger partial charge in [0.25, 0.3) is 0 Å². The number of morpholine rings is 1. The van der Waals surface area contributed by atoms with E-state index < -0.39 is 0 Å². The van der Waals surface area contributed by atoms with E-state index in [0.717, 1.165) is 39.4 Å². The van der Waals surface area contributed by atoms with Crippen LogP contribution in [0.15, 0.2) is 0 Å². The number of hydrogen-bond donors (Lipinski definition) is 1. The number of nitrogens with one attached hydrogen (secondary N) is 1. The van der Waals surface area contributed by atoms with E-state index in [-0.39, 0.29) is 24.4 Å². The second-order valence-corrected chi connectivity index (χ2v) is 5.16. The molecule has 1 amide bonds. The van der Waals surface area contributed by atoms with E-state index in [1.165, 1.54) is 0 Å². The van der Waals surface area contributed by atoms with Crippen LogP contribution in [0.5, 0.6) is 0 Å². The summed E-state index contributed by atoms with van der Waals surface area (Å²) in [7, 11) is 0. The lowest BCUT2D eigenvalue weighted by molar-refractivity contribution is -0.130. The molecule has 0 radical (unpaired) electrons. The molecule has 1 N–H and O–H groups in total. The minimum atomic E-state index is -0.296. The van der Waals surface area contributed by atoms with Gasteiger partial charge in [0.05, 0.1) is 25.7 Å². The maximum atomic E-state index is 11.9.